The highest BCUT2D eigenvalue weighted by atomic mass is 16.1. The van der Waals surface area contributed by atoms with Gasteiger partial charge in [-0.25, -0.2) is 4.98 Å². The molecule has 5 nitrogen and oxygen atoms in total. The second-order valence-corrected chi connectivity index (χ2v) is 4.92. The van der Waals surface area contributed by atoms with Crippen LogP contribution in [-0.2, 0) is 17.9 Å². The summed E-state index contributed by atoms with van der Waals surface area (Å²) in [6.07, 6.45) is 5.56. The Morgan fingerprint density at radius 2 is 2.10 bits per heavy atom. The first-order valence-electron chi connectivity index (χ1n) is 6.69. The van der Waals surface area contributed by atoms with Crippen molar-refractivity contribution in [2.24, 2.45) is 0 Å². The molecule has 2 N–H and O–H groups in total. The molecule has 1 amide bonds. The third-order valence-electron chi connectivity index (χ3n) is 2.97. The van der Waals surface area contributed by atoms with Crippen LogP contribution in [0.3, 0.4) is 0 Å². The Balaban J connectivity index is 1.80. The van der Waals surface area contributed by atoms with Gasteiger partial charge in [-0.3, -0.25) is 4.79 Å². The lowest BCUT2D eigenvalue weighted by molar-refractivity contribution is -0.114. The number of anilines is 1. The summed E-state index contributed by atoms with van der Waals surface area (Å²) in [5, 5.41) is 6.22. The SMILES string of the molecule is CC(=O)Nc1ccc(CN[C@H](C)Cn2ccnc2)cc1. The van der Waals surface area contributed by atoms with Crippen molar-refractivity contribution in [1.82, 2.24) is 14.9 Å². The minimum atomic E-state index is -0.0511. The maximum atomic E-state index is 10.9. The van der Waals surface area contributed by atoms with Crippen molar-refractivity contribution in [1.29, 1.82) is 0 Å². The van der Waals surface area contributed by atoms with Gasteiger partial charge in [0, 0.05) is 44.1 Å². The van der Waals surface area contributed by atoms with Crippen molar-refractivity contribution in [2.75, 3.05) is 5.32 Å². The second kappa shape index (κ2) is 6.86. The van der Waals surface area contributed by atoms with E-state index in [1.54, 1.807) is 6.20 Å². The van der Waals surface area contributed by atoms with Crippen LogP contribution < -0.4 is 10.6 Å². The molecule has 20 heavy (non-hydrogen) atoms. The van der Waals surface area contributed by atoms with Gasteiger partial charge < -0.3 is 15.2 Å². The van der Waals surface area contributed by atoms with Crippen molar-refractivity contribution in [3.05, 3.63) is 48.5 Å². The van der Waals surface area contributed by atoms with Crippen LogP contribution in [0.1, 0.15) is 19.4 Å². The van der Waals surface area contributed by atoms with Crippen molar-refractivity contribution in [3.63, 3.8) is 0 Å². The summed E-state index contributed by atoms with van der Waals surface area (Å²) < 4.78 is 2.05. The van der Waals surface area contributed by atoms with Gasteiger partial charge >= 0.3 is 0 Å². The van der Waals surface area contributed by atoms with E-state index >= 15 is 0 Å². The minimum absolute atomic E-state index is 0.0511. The Morgan fingerprint density at radius 1 is 1.35 bits per heavy atom. The Hall–Kier alpha value is -2.14. The lowest BCUT2D eigenvalue weighted by Crippen LogP contribution is -2.29. The smallest absolute Gasteiger partial charge is 0.221 e. The summed E-state index contributed by atoms with van der Waals surface area (Å²) in [6, 6.07) is 8.22. The molecule has 1 aromatic carbocycles. The van der Waals surface area contributed by atoms with Crippen LogP contribution in [0, 0.1) is 0 Å². The maximum absolute atomic E-state index is 10.9. The standard InChI is InChI=1S/C15H20N4O/c1-12(10-19-8-7-16-11-19)17-9-14-3-5-15(6-4-14)18-13(2)20/h3-8,11-12,17H,9-10H2,1-2H3,(H,18,20)/t12-/m1/s1. The number of nitrogens with one attached hydrogen (secondary N) is 2. The molecule has 1 heterocycles. The van der Waals surface area contributed by atoms with E-state index in [0.29, 0.717) is 6.04 Å². The van der Waals surface area contributed by atoms with Crippen LogP contribution in [-0.4, -0.2) is 21.5 Å². The van der Waals surface area contributed by atoms with E-state index in [-0.39, 0.29) is 5.91 Å². The number of rotatable bonds is 6. The zero-order valence-electron chi connectivity index (χ0n) is 11.8. The zero-order chi connectivity index (χ0) is 14.4. The van der Waals surface area contributed by atoms with E-state index in [1.165, 1.54) is 12.5 Å². The van der Waals surface area contributed by atoms with Crippen LogP contribution in [0.15, 0.2) is 43.0 Å². The number of aromatic nitrogens is 2. The summed E-state index contributed by atoms with van der Waals surface area (Å²) in [5.74, 6) is -0.0511. The fourth-order valence-corrected chi connectivity index (χ4v) is 1.98. The molecule has 1 atom stereocenters. The first-order chi connectivity index (χ1) is 9.63. The van der Waals surface area contributed by atoms with E-state index in [2.05, 4.69) is 27.1 Å². The molecule has 0 bridgehead atoms. The highest BCUT2D eigenvalue weighted by molar-refractivity contribution is 5.88. The summed E-state index contributed by atoms with van der Waals surface area (Å²) in [4.78, 5) is 15.0. The number of carbonyl (C=O) groups excluding carboxylic acids is 1. The first kappa shape index (κ1) is 14.3. The number of carbonyl (C=O) groups is 1. The van der Waals surface area contributed by atoms with Crippen molar-refractivity contribution in [3.8, 4) is 0 Å². The van der Waals surface area contributed by atoms with Crippen LogP contribution in [0.5, 0.6) is 0 Å². The molecular formula is C15H20N4O. The highest BCUT2D eigenvalue weighted by Gasteiger charge is 2.02. The zero-order valence-corrected chi connectivity index (χ0v) is 11.8. The third-order valence-corrected chi connectivity index (χ3v) is 2.97. The quantitative estimate of drug-likeness (QED) is 0.846. The normalized spacial score (nSPS) is 12.1. The van der Waals surface area contributed by atoms with Crippen LogP contribution >= 0.6 is 0 Å². The highest BCUT2D eigenvalue weighted by Crippen LogP contribution is 2.09. The van der Waals surface area contributed by atoms with Crippen LogP contribution in [0.2, 0.25) is 0 Å². The molecule has 0 aliphatic rings. The molecule has 2 rings (SSSR count). The summed E-state index contributed by atoms with van der Waals surface area (Å²) in [5.41, 5.74) is 2.02. The molecule has 0 radical (unpaired) electrons. The van der Waals surface area contributed by atoms with E-state index in [0.717, 1.165) is 18.8 Å². The Labute approximate surface area is 119 Å². The van der Waals surface area contributed by atoms with Gasteiger partial charge in [0.05, 0.1) is 6.33 Å². The molecule has 106 valence electrons. The van der Waals surface area contributed by atoms with Gasteiger partial charge in [0.2, 0.25) is 5.91 Å². The average Bonchev–Trinajstić information content (AvgIpc) is 2.90. The largest absolute Gasteiger partial charge is 0.336 e. The fourth-order valence-electron chi connectivity index (χ4n) is 1.98. The lowest BCUT2D eigenvalue weighted by atomic mass is 10.2. The van der Waals surface area contributed by atoms with Crippen LogP contribution in [0.4, 0.5) is 5.69 Å². The van der Waals surface area contributed by atoms with Crippen molar-refractivity contribution in [2.45, 2.75) is 33.0 Å². The Kier molecular flexibility index (Phi) is 4.90. The number of imidazole rings is 1. The average molecular weight is 272 g/mol. The summed E-state index contributed by atoms with van der Waals surface area (Å²) in [7, 11) is 0. The minimum Gasteiger partial charge on any atom is -0.336 e. The molecular weight excluding hydrogens is 252 g/mol. The fraction of sp³-hybridized carbons (Fsp3) is 0.333. The molecule has 0 aliphatic heterocycles. The summed E-state index contributed by atoms with van der Waals surface area (Å²) in [6.45, 7) is 5.35. The van der Waals surface area contributed by atoms with E-state index in [1.807, 2.05) is 36.8 Å². The second-order valence-electron chi connectivity index (χ2n) is 4.92. The molecule has 0 fully saturated rings. The van der Waals surface area contributed by atoms with E-state index in [4.69, 9.17) is 0 Å². The number of nitrogens with zero attached hydrogens (tertiary/aromatic N) is 2. The molecule has 0 saturated heterocycles. The van der Waals surface area contributed by atoms with E-state index in [9.17, 15) is 4.79 Å². The van der Waals surface area contributed by atoms with Gasteiger partial charge in [-0.1, -0.05) is 12.1 Å². The van der Waals surface area contributed by atoms with Crippen LogP contribution in [0.25, 0.3) is 0 Å². The Bertz CT molecular complexity index is 534. The van der Waals surface area contributed by atoms with Gasteiger partial charge in [-0.15, -0.1) is 0 Å². The number of benzene rings is 1. The molecule has 0 unspecified atom stereocenters. The topological polar surface area (TPSA) is 59.0 Å². The van der Waals surface area contributed by atoms with Gasteiger partial charge in [0.15, 0.2) is 0 Å². The molecule has 5 heteroatoms. The van der Waals surface area contributed by atoms with Gasteiger partial charge in [0.1, 0.15) is 0 Å². The number of amides is 1. The van der Waals surface area contributed by atoms with Gasteiger partial charge in [-0.05, 0) is 24.6 Å². The first-order valence-corrected chi connectivity index (χ1v) is 6.69. The Morgan fingerprint density at radius 3 is 2.70 bits per heavy atom. The monoisotopic (exact) mass is 272 g/mol. The predicted molar refractivity (Wildman–Crippen MR) is 79.3 cm³/mol. The van der Waals surface area contributed by atoms with Gasteiger partial charge in [0.25, 0.3) is 0 Å². The maximum Gasteiger partial charge on any atom is 0.221 e. The molecule has 2 aromatic rings. The lowest BCUT2D eigenvalue weighted by Gasteiger charge is -2.14. The van der Waals surface area contributed by atoms with Crippen molar-refractivity contribution < 1.29 is 4.79 Å². The molecule has 0 aliphatic carbocycles. The predicted octanol–water partition coefficient (Wildman–Crippen LogP) is 2.02. The molecule has 0 spiro atoms. The molecule has 0 saturated carbocycles. The number of hydrogen-bond donors (Lipinski definition) is 2. The van der Waals surface area contributed by atoms with Gasteiger partial charge in [-0.2, -0.15) is 0 Å². The van der Waals surface area contributed by atoms with Crippen molar-refractivity contribution >= 4 is 11.6 Å². The third kappa shape index (κ3) is 4.51. The molecule has 1 aromatic heterocycles. The number of hydrogen-bond acceptors (Lipinski definition) is 3. The van der Waals surface area contributed by atoms with E-state index < -0.39 is 0 Å². The summed E-state index contributed by atoms with van der Waals surface area (Å²) >= 11 is 0.